The first kappa shape index (κ1) is 29.9. The molecule has 1 saturated carbocycles. The average molecular weight is 594 g/mol. The van der Waals surface area contributed by atoms with Crippen molar-refractivity contribution >= 4 is 28.2 Å². The van der Waals surface area contributed by atoms with Gasteiger partial charge in [-0.15, -0.1) is 0 Å². The largest absolute Gasteiger partial charge is 0.463 e. The molecule has 0 bridgehead atoms. The summed E-state index contributed by atoms with van der Waals surface area (Å²) in [6.45, 7) is 17.4. The van der Waals surface area contributed by atoms with E-state index in [1.54, 1.807) is 4.90 Å². The van der Waals surface area contributed by atoms with Gasteiger partial charge in [0.05, 0.1) is 18.8 Å². The van der Waals surface area contributed by atoms with Crippen LogP contribution in [0.3, 0.4) is 0 Å². The standard InChI is InChI=1S/C35H43N7O2/c1-6-32(43)42-19-18-41(21-27(42)20-36-3)34-28-16-17-40(31-15-8-12-25-11-7-10-24(2)33(25)31)22-29(28)37-35(38-34)44-23-26-13-9-14-30(26)39(4)5/h6-8,10-12,15,26-27,30H,1,9,13-14,16-23H2,2,4-5H3/t26-,27-,30-/m0/s1. The van der Waals surface area contributed by atoms with Gasteiger partial charge in [-0.2, -0.15) is 9.97 Å². The Morgan fingerprint density at radius 1 is 1.14 bits per heavy atom. The minimum atomic E-state index is -0.222. The molecule has 0 spiro atoms. The van der Waals surface area contributed by atoms with Crippen molar-refractivity contribution in [1.82, 2.24) is 19.8 Å². The average Bonchev–Trinajstić information content (AvgIpc) is 3.52. The number of ether oxygens (including phenoxy) is 1. The zero-order valence-corrected chi connectivity index (χ0v) is 26.2. The SMILES string of the molecule is [C-]#[N+]C[C@H]1CN(c2nc(OC[C@@H]3CCC[C@@H]3N(C)C)nc3c2CCN(c2cccc4cccc(C)c24)C3)CCN1C(=O)C=C. The predicted octanol–water partition coefficient (Wildman–Crippen LogP) is 4.73. The summed E-state index contributed by atoms with van der Waals surface area (Å²) in [6, 6.07) is 13.7. The van der Waals surface area contributed by atoms with E-state index >= 15 is 0 Å². The predicted molar refractivity (Wildman–Crippen MR) is 175 cm³/mol. The van der Waals surface area contributed by atoms with E-state index in [0.29, 0.717) is 50.8 Å². The molecule has 2 aromatic carbocycles. The third-order valence-electron chi connectivity index (χ3n) is 9.71. The van der Waals surface area contributed by atoms with Gasteiger partial charge < -0.3 is 29.2 Å². The minimum absolute atomic E-state index is 0.125. The van der Waals surface area contributed by atoms with E-state index in [2.05, 4.69) is 83.5 Å². The van der Waals surface area contributed by atoms with Crippen LogP contribution in [0.5, 0.6) is 6.01 Å². The zero-order chi connectivity index (χ0) is 30.8. The number of aryl methyl sites for hydroxylation is 1. The molecule has 0 N–H and O–H groups in total. The normalized spacial score (nSPS) is 21.8. The highest BCUT2D eigenvalue weighted by Crippen LogP contribution is 2.36. The van der Waals surface area contributed by atoms with Crippen LogP contribution in [0.25, 0.3) is 15.6 Å². The molecule has 1 amide bonds. The lowest BCUT2D eigenvalue weighted by Gasteiger charge is -2.41. The lowest BCUT2D eigenvalue weighted by atomic mass is 9.99. The van der Waals surface area contributed by atoms with Crippen molar-refractivity contribution in [3.05, 3.63) is 77.3 Å². The maximum atomic E-state index is 12.6. The molecule has 1 saturated heterocycles. The van der Waals surface area contributed by atoms with Gasteiger partial charge in [0.15, 0.2) is 0 Å². The lowest BCUT2D eigenvalue weighted by molar-refractivity contribution is -0.128. The second-order valence-electron chi connectivity index (χ2n) is 12.6. The Morgan fingerprint density at radius 3 is 2.73 bits per heavy atom. The van der Waals surface area contributed by atoms with E-state index < -0.39 is 0 Å². The van der Waals surface area contributed by atoms with Crippen molar-refractivity contribution in [3.63, 3.8) is 0 Å². The van der Waals surface area contributed by atoms with E-state index in [0.717, 1.165) is 36.5 Å². The lowest BCUT2D eigenvalue weighted by Crippen LogP contribution is -2.56. The van der Waals surface area contributed by atoms with Crippen molar-refractivity contribution in [2.24, 2.45) is 5.92 Å². The molecule has 230 valence electrons. The van der Waals surface area contributed by atoms with Gasteiger partial charge in [0.2, 0.25) is 12.5 Å². The second kappa shape index (κ2) is 12.8. The first-order valence-electron chi connectivity index (χ1n) is 15.8. The van der Waals surface area contributed by atoms with Gasteiger partial charge in [0.1, 0.15) is 11.9 Å². The molecule has 44 heavy (non-hydrogen) atoms. The molecule has 6 rings (SSSR count). The Balaban J connectivity index is 1.34. The van der Waals surface area contributed by atoms with Gasteiger partial charge in [-0.3, -0.25) is 4.79 Å². The number of hydrogen-bond donors (Lipinski definition) is 0. The van der Waals surface area contributed by atoms with Gasteiger partial charge in [0.25, 0.3) is 0 Å². The van der Waals surface area contributed by atoms with E-state index in [1.807, 2.05) is 0 Å². The van der Waals surface area contributed by atoms with Gasteiger partial charge in [-0.05, 0) is 63.4 Å². The van der Waals surface area contributed by atoms with Gasteiger partial charge in [-0.25, -0.2) is 6.57 Å². The molecule has 3 atom stereocenters. The summed E-state index contributed by atoms with van der Waals surface area (Å²) in [7, 11) is 4.30. The third-order valence-corrected chi connectivity index (χ3v) is 9.71. The molecule has 1 aromatic heterocycles. The van der Waals surface area contributed by atoms with E-state index in [-0.39, 0.29) is 18.5 Å². The molecule has 0 unspecified atom stereocenters. The smallest absolute Gasteiger partial charge is 0.318 e. The summed E-state index contributed by atoms with van der Waals surface area (Å²) in [5.74, 6) is 1.20. The van der Waals surface area contributed by atoms with Crippen LogP contribution in [0.1, 0.15) is 36.1 Å². The summed E-state index contributed by atoms with van der Waals surface area (Å²) in [5.41, 5.74) is 4.62. The summed E-state index contributed by atoms with van der Waals surface area (Å²) in [5, 5.41) is 2.52. The van der Waals surface area contributed by atoms with Crippen molar-refractivity contribution < 1.29 is 9.53 Å². The number of carbonyl (C=O) groups excluding carboxylic acids is 1. The number of aromatic nitrogens is 2. The molecule has 9 nitrogen and oxygen atoms in total. The highest BCUT2D eigenvalue weighted by Gasteiger charge is 2.35. The Morgan fingerprint density at radius 2 is 1.95 bits per heavy atom. The fourth-order valence-electron chi connectivity index (χ4n) is 7.48. The number of anilines is 2. The molecule has 3 aromatic rings. The van der Waals surface area contributed by atoms with Crippen LogP contribution < -0.4 is 14.5 Å². The van der Waals surface area contributed by atoms with E-state index in [1.165, 1.54) is 40.9 Å². The Bertz CT molecular complexity index is 1580. The van der Waals surface area contributed by atoms with Crippen molar-refractivity contribution in [1.29, 1.82) is 0 Å². The topological polar surface area (TPSA) is 69.4 Å². The van der Waals surface area contributed by atoms with Gasteiger partial charge >= 0.3 is 6.01 Å². The number of hydrogen-bond acceptors (Lipinski definition) is 7. The number of amides is 1. The highest BCUT2D eigenvalue weighted by atomic mass is 16.5. The fraction of sp³-hybridized carbons (Fsp3) is 0.486. The van der Waals surface area contributed by atoms with Gasteiger partial charge in [-0.1, -0.05) is 43.3 Å². The molecule has 2 aliphatic heterocycles. The maximum absolute atomic E-state index is 12.6. The number of fused-ring (bicyclic) bond motifs is 2. The number of rotatable bonds is 8. The molecular formula is C35H43N7O2. The summed E-state index contributed by atoms with van der Waals surface area (Å²) >= 11 is 0. The number of piperazine rings is 1. The highest BCUT2D eigenvalue weighted by molar-refractivity contribution is 5.97. The molecule has 3 aliphatic rings. The quantitative estimate of drug-likeness (QED) is 0.276. The van der Waals surface area contributed by atoms with Crippen LogP contribution in [0.4, 0.5) is 11.5 Å². The van der Waals surface area contributed by atoms with Crippen LogP contribution in [-0.4, -0.2) is 91.2 Å². The van der Waals surface area contributed by atoms with Crippen LogP contribution in [-0.2, 0) is 17.8 Å². The fourth-order valence-corrected chi connectivity index (χ4v) is 7.48. The first-order chi connectivity index (χ1) is 21.4. The summed E-state index contributed by atoms with van der Waals surface area (Å²) in [4.78, 5) is 35.1. The second-order valence-corrected chi connectivity index (χ2v) is 12.6. The van der Waals surface area contributed by atoms with Crippen molar-refractivity contribution in [3.8, 4) is 6.01 Å². The van der Waals surface area contributed by atoms with Crippen LogP contribution >= 0.6 is 0 Å². The van der Waals surface area contributed by atoms with Crippen LogP contribution in [0, 0.1) is 19.4 Å². The Labute approximate surface area is 260 Å². The van der Waals surface area contributed by atoms with Gasteiger partial charge in [0, 0.05) is 54.8 Å². The van der Waals surface area contributed by atoms with Crippen molar-refractivity contribution in [2.45, 2.75) is 51.2 Å². The summed E-state index contributed by atoms with van der Waals surface area (Å²) < 4.78 is 6.43. The number of carbonyl (C=O) groups is 1. The zero-order valence-electron chi connectivity index (χ0n) is 26.2. The number of nitrogens with zero attached hydrogens (tertiary/aromatic N) is 7. The molecule has 9 heteroatoms. The third kappa shape index (κ3) is 5.83. The van der Waals surface area contributed by atoms with E-state index in [4.69, 9.17) is 21.3 Å². The Hall–Kier alpha value is -4.16. The molecular weight excluding hydrogens is 550 g/mol. The first-order valence-corrected chi connectivity index (χ1v) is 15.8. The van der Waals surface area contributed by atoms with Crippen molar-refractivity contribution in [2.75, 3.05) is 63.2 Å². The van der Waals surface area contributed by atoms with E-state index in [9.17, 15) is 4.79 Å². The molecule has 1 aliphatic carbocycles. The monoisotopic (exact) mass is 593 g/mol. The summed E-state index contributed by atoms with van der Waals surface area (Å²) in [6.07, 6.45) is 5.69. The van der Waals surface area contributed by atoms with Crippen LogP contribution in [0.2, 0.25) is 0 Å². The molecule has 0 radical (unpaired) electrons. The Kier molecular flexibility index (Phi) is 8.72. The minimum Gasteiger partial charge on any atom is -0.463 e. The van der Waals surface area contributed by atoms with Crippen LogP contribution in [0.15, 0.2) is 49.1 Å². The molecule has 3 heterocycles. The molecule has 2 fully saturated rings. The number of benzene rings is 2. The maximum Gasteiger partial charge on any atom is 0.318 e.